The number of fused-ring (bicyclic) bond motifs is 2. The fourth-order valence-electron chi connectivity index (χ4n) is 2.02. The van der Waals surface area contributed by atoms with Crippen LogP contribution in [0.25, 0.3) is 22.3 Å². The summed E-state index contributed by atoms with van der Waals surface area (Å²) in [6.45, 7) is 0. The van der Waals surface area contributed by atoms with E-state index in [1.54, 1.807) is 0 Å². The zero-order valence-electron chi connectivity index (χ0n) is 14.5. The number of rotatable bonds is 0. The quantitative estimate of drug-likeness (QED) is 0.154. The minimum absolute atomic E-state index is 0.0896. The second-order valence-corrected chi connectivity index (χ2v) is 5.20. The van der Waals surface area contributed by atoms with E-state index in [4.69, 9.17) is 11.5 Å². The van der Waals surface area contributed by atoms with E-state index in [9.17, 15) is 14.4 Å². The average molecular weight is 398 g/mol. The number of H-pyrrole nitrogens is 5. The zero-order chi connectivity index (χ0) is 20.8. The van der Waals surface area contributed by atoms with Crippen LogP contribution >= 0.6 is 0 Å². The molecule has 5 aromatic heterocycles. The molecule has 5 rings (SSSR count). The monoisotopic (exact) mass is 398 g/mol. The van der Waals surface area contributed by atoms with Crippen molar-refractivity contribution >= 4 is 34.1 Å². The number of aromatic nitrogens is 10. The van der Waals surface area contributed by atoms with Crippen LogP contribution in [0.5, 0.6) is 0 Å². The van der Waals surface area contributed by atoms with Crippen molar-refractivity contribution in [3.05, 3.63) is 62.4 Å². The number of anilines is 2. The molecule has 0 saturated heterocycles. The van der Waals surface area contributed by atoms with Gasteiger partial charge < -0.3 is 31.4 Å². The largest absolute Gasteiger partial charge is 0.383 e. The van der Waals surface area contributed by atoms with Crippen LogP contribution in [0.1, 0.15) is 0 Å². The average Bonchev–Trinajstić information content (AvgIpc) is 3.32. The van der Waals surface area contributed by atoms with E-state index in [-0.39, 0.29) is 28.4 Å². The van der Waals surface area contributed by atoms with Crippen LogP contribution in [-0.4, -0.2) is 49.8 Å². The molecule has 0 saturated carbocycles. The summed E-state index contributed by atoms with van der Waals surface area (Å²) in [5.74, 6) is 0.334. The molecular weight excluding hydrogens is 384 g/mol. The molecule has 0 unspecified atom stereocenters. The van der Waals surface area contributed by atoms with Gasteiger partial charge in [0.05, 0.1) is 19.0 Å². The fourth-order valence-corrected chi connectivity index (χ4v) is 2.02. The molecule has 9 N–H and O–H groups in total. The van der Waals surface area contributed by atoms with Gasteiger partial charge >= 0.3 is 5.69 Å². The normalized spacial score (nSPS) is 10.1. The van der Waals surface area contributed by atoms with Crippen LogP contribution in [-0.2, 0) is 0 Å². The first-order chi connectivity index (χ1) is 13.9. The highest BCUT2D eigenvalue weighted by atomic mass is 16.1. The van der Waals surface area contributed by atoms with Crippen molar-refractivity contribution in [2.45, 2.75) is 0 Å². The van der Waals surface area contributed by atoms with Crippen LogP contribution in [0.3, 0.4) is 0 Å². The summed E-state index contributed by atoms with van der Waals surface area (Å²) in [5, 5.41) is 0. The van der Waals surface area contributed by atoms with Crippen molar-refractivity contribution in [1.29, 1.82) is 0 Å². The Kier molecular flexibility index (Phi) is 5.39. The Morgan fingerprint density at radius 1 is 0.793 bits per heavy atom. The Labute approximate surface area is 158 Å². The van der Waals surface area contributed by atoms with E-state index >= 15 is 0 Å². The number of imidazole rings is 2. The van der Waals surface area contributed by atoms with E-state index in [0.29, 0.717) is 16.8 Å². The van der Waals surface area contributed by atoms with Crippen molar-refractivity contribution < 1.29 is 0 Å². The predicted octanol–water partition coefficient (Wildman–Crippen LogP) is -1.77. The molecule has 0 aliphatic rings. The highest BCUT2D eigenvalue weighted by molar-refractivity contribution is 5.69. The maximum Gasteiger partial charge on any atom is 0.346 e. The lowest BCUT2D eigenvalue weighted by Crippen LogP contribution is -2.10. The fraction of sp³-hybridized carbons (Fsp3) is 0. The van der Waals surface area contributed by atoms with Gasteiger partial charge in [0.15, 0.2) is 22.3 Å². The van der Waals surface area contributed by atoms with Gasteiger partial charge in [-0.25, -0.2) is 19.7 Å². The number of aromatic amines is 5. The second-order valence-electron chi connectivity index (χ2n) is 5.20. The summed E-state index contributed by atoms with van der Waals surface area (Å²) in [4.78, 5) is 63.0. The maximum atomic E-state index is 11.0. The minimum Gasteiger partial charge on any atom is -0.383 e. The molecule has 0 aromatic carbocycles. The molecule has 0 aliphatic carbocycles. The molecule has 0 atom stereocenters. The van der Waals surface area contributed by atoms with Crippen molar-refractivity contribution in [3.8, 4) is 0 Å². The minimum atomic E-state index is -0.412. The Hall–Kier alpha value is -4.82. The highest BCUT2D eigenvalue weighted by Crippen LogP contribution is 1.98. The molecule has 5 heterocycles. The van der Waals surface area contributed by atoms with Gasteiger partial charge in [-0.15, -0.1) is 0 Å². The first kappa shape index (κ1) is 19.0. The maximum absolute atomic E-state index is 11.0. The lowest BCUT2D eigenvalue weighted by molar-refractivity contribution is 1.08. The van der Waals surface area contributed by atoms with Gasteiger partial charge in [-0.2, -0.15) is 9.97 Å². The lowest BCUT2D eigenvalue weighted by atomic mass is 10.5. The summed E-state index contributed by atoms with van der Waals surface area (Å²) in [7, 11) is 0. The molecule has 0 aliphatic heterocycles. The number of hydrogen-bond donors (Lipinski definition) is 7. The van der Waals surface area contributed by atoms with Gasteiger partial charge in [0, 0.05) is 6.20 Å². The van der Waals surface area contributed by atoms with Gasteiger partial charge in [0.1, 0.15) is 5.82 Å². The molecular formula is C14H14N12O3. The van der Waals surface area contributed by atoms with E-state index in [1.807, 2.05) is 0 Å². The van der Waals surface area contributed by atoms with Crippen LogP contribution in [0.15, 0.2) is 45.6 Å². The number of nitrogens with zero attached hydrogens (tertiary/aromatic N) is 5. The molecule has 0 amide bonds. The van der Waals surface area contributed by atoms with Crippen LogP contribution in [0, 0.1) is 0 Å². The van der Waals surface area contributed by atoms with Crippen molar-refractivity contribution in [1.82, 2.24) is 49.8 Å². The van der Waals surface area contributed by atoms with E-state index in [0.717, 1.165) is 0 Å². The number of nitrogens with two attached hydrogens (primary N) is 2. The van der Waals surface area contributed by atoms with Crippen LogP contribution in [0.4, 0.5) is 11.8 Å². The smallest absolute Gasteiger partial charge is 0.346 e. The number of hydrogen-bond acceptors (Lipinski definition) is 10. The van der Waals surface area contributed by atoms with Crippen molar-refractivity contribution in [3.63, 3.8) is 0 Å². The van der Waals surface area contributed by atoms with Gasteiger partial charge in [-0.1, -0.05) is 0 Å². The number of nitrogen functional groups attached to an aromatic ring is 2. The second kappa shape index (κ2) is 8.25. The lowest BCUT2D eigenvalue weighted by Gasteiger charge is -1.89. The van der Waals surface area contributed by atoms with Crippen LogP contribution in [0.2, 0.25) is 0 Å². The first-order valence-corrected chi connectivity index (χ1v) is 7.81. The third kappa shape index (κ3) is 4.67. The molecule has 0 spiro atoms. The van der Waals surface area contributed by atoms with Gasteiger partial charge in [0.2, 0.25) is 5.95 Å². The third-order valence-corrected chi connectivity index (χ3v) is 3.23. The molecule has 15 nitrogen and oxygen atoms in total. The molecule has 148 valence electrons. The summed E-state index contributed by atoms with van der Waals surface area (Å²) >= 11 is 0. The summed E-state index contributed by atoms with van der Waals surface area (Å²) in [6, 6.07) is 1.52. The molecule has 0 bridgehead atoms. The first-order valence-electron chi connectivity index (χ1n) is 7.81. The number of nitrogens with one attached hydrogen (secondary N) is 5. The Morgan fingerprint density at radius 2 is 1.52 bits per heavy atom. The summed E-state index contributed by atoms with van der Waals surface area (Å²) < 4.78 is 0. The summed E-state index contributed by atoms with van der Waals surface area (Å²) in [5.41, 5.74) is 11.0. The van der Waals surface area contributed by atoms with Gasteiger partial charge in [-0.05, 0) is 6.07 Å². The third-order valence-electron chi connectivity index (χ3n) is 3.23. The van der Waals surface area contributed by atoms with E-state index < -0.39 is 5.69 Å². The van der Waals surface area contributed by atoms with Gasteiger partial charge in [0.25, 0.3) is 11.1 Å². The molecule has 15 heteroatoms. The van der Waals surface area contributed by atoms with Crippen molar-refractivity contribution in [2.75, 3.05) is 11.5 Å². The summed E-state index contributed by atoms with van der Waals surface area (Å²) in [6.07, 6.45) is 5.61. The Morgan fingerprint density at radius 3 is 2.17 bits per heavy atom. The van der Waals surface area contributed by atoms with E-state index in [2.05, 4.69) is 49.8 Å². The zero-order valence-corrected chi connectivity index (χ0v) is 14.5. The van der Waals surface area contributed by atoms with E-state index in [1.165, 1.54) is 31.2 Å². The Balaban J connectivity index is 0.000000126. The molecule has 5 aromatic rings. The SMILES string of the molecule is Nc1cc[nH]c(=O)n1.Nc1nc2[nH]cnc2c(=O)[nH]1.O=c1[nH]cnc2nc[nH]c12. The standard InChI is InChI=1S/C5H5N5O.C5H4N4O.C4H5N3O/c6-5-9-3-2(4(11)10-5)7-1-8-3;10-5-3-4(7-1-6-3)8-2-9-5;5-3-1-2-6-4(8)7-3/h1H,(H4,6,7,8,9,10,11);1-2H,(H2,6,7,8,9,10);1-2H,(H3,5,6,7,8). The van der Waals surface area contributed by atoms with Crippen LogP contribution < -0.4 is 28.3 Å². The highest BCUT2D eigenvalue weighted by Gasteiger charge is 2.02. The molecule has 0 radical (unpaired) electrons. The predicted molar refractivity (Wildman–Crippen MR) is 103 cm³/mol. The molecule has 29 heavy (non-hydrogen) atoms. The van der Waals surface area contributed by atoms with Crippen molar-refractivity contribution in [2.24, 2.45) is 0 Å². The topological polar surface area (TPSA) is 247 Å². The van der Waals surface area contributed by atoms with Gasteiger partial charge in [-0.3, -0.25) is 14.6 Å². The molecule has 0 fully saturated rings. The Bertz CT molecular complexity index is 1410.